The summed E-state index contributed by atoms with van der Waals surface area (Å²) in [5.41, 5.74) is 1.21. The van der Waals surface area contributed by atoms with E-state index in [2.05, 4.69) is 59.4 Å². The third-order valence-electron chi connectivity index (χ3n) is 3.75. The minimum Gasteiger partial charge on any atom is -0.322 e. The zero-order valence-corrected chi connectivity index (χ0v) is 15.7. The predicted octanol–water partition coefficient (Wildman–Crippen LogP) is 5.10. The summed E-state index contributed by atoms with van der Waals surface area (Å²) in [7, 11) is 0. The Hall–Kier alpha value is -0.780. The van der Waals surface area contributed by atoms with Gasteiger partial charge in [-0.15, -0.1) is 23.1 Å². The van der Waals surface area contributed by atoms with Gasteiger partial charge in [-0.2, -0.15) is 0 Å². The van der Waals surface area contributed by atoms with Gasteiger partial charge in [0.2, 0.25) is 5.91 Å². The minimum absolute atomic E-state index is 0.00988. The maximum absolute atomic E-state index is 12.8. The van der Waals surface area contributed by atoms with Crippen LogP contribution in [0.1, 0.15) is 29.7 Å². The van der Waals surface area contributed by atoms with E-state index < -0.39 is 0 Å². The third kappa shape index (κ3) is 3.26. The maximum Gasteiger partial charge on any atom is 0.237 e. The number of rotatable bonds is 4. The van der Waals surface area contributed by atoms with Gasteiger partial charge in [0.05, 0.1) is 5.25 Å². The number of thioether (sulfide) groups is 1. The molecule has 0 bridgehead atoms. The highest BCUT2D eigenvalue weighted by molar-refractivity contribution is 9.10. The summed E-state index contributed by atoms with van der Waals surface area (Å²) in [5.74, 6) is 0.265. The first-order valence-electron chi connectivity index (χ1n) is 7.31. The van der Waals surface area contributed by atoms with Crippen LogP contribution < -0.4 is 0 Å². The van der Waals surface area contributed by atoms with Crippen LogP contribution in [0.5, 0.6) is 0 Å². The molecule has 2 atom stereocenters. The number of nitrogens with zero attached hydrogens (tertiary/aromatic N) is 1. The fraction of sp³-hybridized carbons (Fsp3) is 0.353. The van der Waals surface area contributed by atoms with Crippen molar-refractivity contribution in [1.29, 1.82) is 0 Å². The summed E-state index contributed by atoms with van der Waals surface area (Å²) >= 11 is 6.98. The fourth-order valence-corrected chi connectivity index (χ4v) is 5.52. The first kappa shape index (κ1) is 16.1. The number of thiophene rings is 1. The standard InChI is InChI=1S/C17H18BrNOS2/c1-11(2)19-16(20)15(10-12-5-7-13(18)8-6-12)22-17(19)14-4-3-9-21-14/h3-9,11,15,17H,10H2,1-2H3. The van der Waals surface area contributed by atoms with Crippen molar-refractivity contribution in [1.82, 2.24) is 4.90 Å². The second-order valence-corrected chi connectivity index (χ2v) is 8.85. The topological polar surface area (TPSA) is 20.3 Å². The van der Waals surface area contributed by atoms with Crippen molar-refractivity contribution in [3.05, 3.63) is 56.7 Å². The molecule has 22 heavy (non-hydrogen) atoms. The van der Waals surface area contributed by atoms with Gasteiger partial charge in [0.15, 0.2) is 0 Å². The number of amides is 1. The largest absolute Gasteiger partial charge is 0.322 e. The molecule has 2 aromatic rings. The first-order valence-corrected chi connectivity index (χ1v) is 9.93. The summed E-state index contributed by atoms with van der Waals surface area (Å²) in [6.45, 7) is 4.20. The Morgan fingerprint density at radius 1 is 1.23 bits per heavy atom. The van der Waals surface area contributed by atoms with Crippen molar-refractivity contribution in [2.24, 2.45) is 0 Å². The maximum atomic E-state index is 12.8. The highest BCUT2D eigenvalue weighted by atomic mass is 79.9. The molecule has 1 saturated heterocycles. The first-order chi connectivity index (χ1) is 10.6. The number of carbonyl (C=O) groups excluding carboxylic acids is 1. The highest BCUT2D eigenvalue weighted by Crippen LogP contribution is 2.46. The molecule has 0 spiro atoms. The van der Waals surface area contributed by atoms with Crippen LogP contribution in [0.4, 0.5) is 0 Å². The molecule has 1 aliphatic rings. The molecule has 2 unspecified atom stereocenters. The zero-order valence-electron chi connectivity index (χ0n) is 12.5. The van der Waals surface area contributed by atoms with Gasteiger partial charge >= 0.3 is 0 Å². The van der Waals surface area contributed by atoms with Gasteiger partial charge in [-0.3, -0.25) is 4.79 Å². The van der Waals surface area contributed by atoms with Crippen LogP contribution in [0.3, 0.4) is 0 Å². The lowest BCUT2D eigenvalue weighted by atomic mass is 10.1. The predicted molar refractivity (Wildman–Crippen MR) is 98.3 cm³/mol. The van der Waals surface area contributed by atoms with E-state index in [0.717, 1.165) is 10.9 Å². The van der Waals surface area contributed by atoms with E-state index in [1.54, 1.807) is 23.1 Å². The molecule has 1 amide bonds. The molecule has 2 nitrogen and oxygen atoms in total. The number of carbonyl (C=O) groups is 1. The van der Waals surface area contributed by atoms with Crippen molar-refractivity contribution < 1.29 is 4.79 Å². The van der Waals surface area contributed by atoms with Crippen LogP contribution in [0.15, 0.2) is 46.3 Å². The normalized spacial score (nSPS) is 21.8. The molecular formula is C17H18BrNOS2. The van der Waals surface area contributed by atoms with Crippen LogP contribution in [0, 0.1) is 0 Å². The van der Waals surface area contributed by atoms with Crippen LogP contribution in [-0.4, -0.2) is 22.1 Å². The molecule has 3 rings (SSSR count). The van der Waals surface area contributed by atoms with Gasteiger partial charge in [-0.1, -0.05) is 34.1 Å². The molecule has 1 aromatic heterocycles. The molecule has 0 saturated carbocycles. The lowest BCUT2D eigenvalue weighted by Crippen LogP contribution is -2.36. The Labute approximate surface area is 148 Å². The van der Waals surface area contributed by atoms with Crippen molar-refractivity contribution in [2.45, 2.75) is 36.9 Å². The molecule has 1 fully saturated rings. The Kier molecular flexibility index (Phi) is 4.95. The molecule has 1 aliphatic heterocycles. The van der Waals surface area contributed by atoms with Gasteiger partial charge in [0.1, 0.15) is 5.37 Å². The third-order valence-corrected chi connectivity index (χ3v) is 6.79. The lowest BCUT2D eigenvalue weighted by Gasteiger charge is -2.26. The molecule has 0 aliphatic carbocycles. The highest BCUT2D eigenvalue weighted by Gasteiger charge is 2.42. The average molecular weight is 396 g/mol. The van der Waals surface area contributed by atoms with E-state index in [9.17, 15) is 4.79 Å². The SMILES string of the molecule is CC(C)N1C(=O)C(Cc2ccc(Br)cc2)SC1c1cccs1. The Morgan fingerprint density at radius 3 is 2.55 bits per heavy atom. The molecule has 0 radical (unpaired) electrons. The second kappa shape index (κ2) is 6.77. The van der Waals surface area contributed by atoms with Crippen molar-refractivity contribution in [2.75, 3.05) is 0 Å². The number of hydrogen-bond donors (Lipinski definition) is 0. The van der Waals surface area contributed by atoms with Gasteiger partial charge in [0.25, 0.3) is 0 Å². The second-order valence-electron chi connectivity index (χ2n) is 5.66. The van der Waals surface area contributed by atoms with Crippen molar-refractivity contribution >= 4 is 44.9 Å². The van der Waals surface area contributed by atoms with E-state index in [1.165, 1.54) is 10.4 Å². The molecule has 1 aromatic carbocycles. The smallest absolute Gasteiger partial charge is 0.237 e. The van der Waals surface area contributed by atoms with Crippen LogP contribution in [0.25, 0.3) is 0 Å². The zero-order chi connectivity index (χ0) is 15.7. The summed E-state index contributed by atoms with van der Waals surface area (Å²) in [6.07, 6.45) is 0.794. The van der Waals surface area contributed by atoms with Gasteiger partial charge in [-0.25, -0.2) is 0 Å². The monoisotopic (exact) mass is 395 g/mol. The van der Waals surface area contributed by atoms with E-state index in [1.807, 2.05) is 17.0 Å². The molecule has 5 heteroatoms. The average Bonchev–Trinajstić information content (AvgIpc) is 3.10. The number of halogens is 1. The van der Waals surface area contributed by atoms with E-state index in [-0.39, 0.29) is 22.6 Å². The molecular weight excluding hydrogens is 378 g/mol. The minimum atomic E-state index is 0.00988. The van der Waals surface area contributed by atoms with E-state index in [0.29, 0.717) is 0 Å². The van der Waals surface area contributed by atoms with Gasteiger partial charge in [0, 0.05) is 15.4 Å². The lowest BCUT2D eigenvalue weighted by molar-refractivity contribution is -0.131. The van der Waals surface area contributed by atoms with Crippen LogP contribution in [0.2, 0.25) is 0 Å². The molecule has 0 N–H and O–H groups in total. The van der Waals surface area contributed by atoms with Crippen molar-refractivity contribution in [3.8, 4) is 0 Å². The molecule has 2 heterocycles. The molecule has 116 valence electrons. The van der Waals surface area contributed by atoms with Crippen LogP contribution >= 0.6 is 39.0 Å². The summed E-state index contributed by atoms with van der Waals surface area (Å²) < 4.78 is 1.07. The quantitative estimate of drug-likeness (QED) is 0.716. The van der Waals surface area contributed by atoms with Crippen molar-refractivity contribution in [3.63, 3.8) is 0 Å². The van der Waals surface area contributed by atoms with E-state index in [4.69, 9.17) is 0 Å². The Balaban J connectivity index is 1.81. The summed E-state index contributed by atoms with van der Waals surface area (Å²) in [4.78, 5) is 16.1. The van der Waals surface area contributed by atoms with Crippen LogP contribution in [-0.2, 0) is 11.2 Å². The van der Waals surface area contributed by atoms with Gasteiger partial charge < -0.3 is 4.90 Å². The summed E-state index contributed by atoms with van der Waals surface area (Å²) in [5, 5.41) is 2.25. The Bertz CT molecular complexity index is 639. The number of benzene rings is 1. The Morgan fingerprint density at radius 2 is 1.95 bits per heavy atom. The van der Waals surface area contributed by atoms with Gasteiger partial charge in [-0.05, 0) is 49.4 Å². The fourth-order valence-electron chi connectivity index (χ4n) is 2.69. The summed E-state index contributed by atoms with van der Waals surface area (Å²) in [6, 6.07) is 12.7. The van der Waals surface area contributed by atoms with E-state index >= 15 is 0 Å². The number of hydrogen-bond acceptors (Lipinski definition) is 3.